The number of benzene rings is 2. The van der Waals surface area contributed by atoms with Gasteiger partial charge in [0.05, 0.1) is 26.6 Å². The number of amides is 1. The van der Waals surface area contributed by atoms with E-state index in [1.807, 2.05) is 38.5 Å². The van der Waals surface area contributed by atoms with Crippen LogP contribution < -0.4 is 5.32 Å². The molecule has 3 rings (SSSR count). The van der Waals surface area contributed by atoms with Crippen molar-refractivity contribution in [3.05, 3.63) is 52.8 Å². The minimum absolute atomic E-state index is 0.164. The van der Waals surface area contributed by atoms with Crippen LogP contribution in [0.3, 0.4) is 0 Å². The summed E-state index contributed by atoms with van der Waals surface area (Å²) >= 11 is 6.18. The fourth-order valence-corrected chi connectivity index (χ4v) is 5.25. The van der Waals surface area contributed by atoms with Gasteiger partial charge in [-0.2, -0.15) is 4.31 Å². The fourth-order valence-electron chi connectivity index (χ4n) is 3.49. The first-order valence-electron chi connectivity index (χ1n) is 10.2. The van der Waals surface area contributed by atoms with Gasteiger partial charge in [0.1, 0.15) is 5.82 Å². The van der Waals surface area contributed by atoms with Crippen molar-refractivity contribution < 1.29 is 13.2 Å². The summed E-state index contributed by atoms with van der Waals surface area (Å²) in [5.74, 6) is 0.542. The molecule has 9 heteroatoms. The monoisotopic (exact) mass is 462 g/mol. The van der Waals surface area contributed by atoms with Gasteiger partial charge in [-0.15, -0.1) is 0 Å². The molecule has 0 aliphatic heterocycles. The summed E-state index contributed by atoms with van der Waals surface area (Å²) < 4.78 is 28.9. The number of nitrogens with one attached hydrogen (secondary N) is 1. The normalized spacial score (nSPS) is 11.9. The highest BCUT2D eigenvalue weighted by atomic mass is 35.5. The maximum Gasteiger partial charge on any atom is 0.243 e. The Kier molecular flexibility index (Phi) is 7.03. The second kappa shape index (κ2) is 9.38. The highest BCUT2D eigenvalue weighted by molar-refractivity contribution is 7.89. The molecule has 0 unspecified atom stereocenters. The molecule has 2 aromatic carbocycles. The molecule has 31 heavy (non-hydrogen) atoms. The molecule has 166 valence electrons. The number of aryl methyl sites for hydroxylation is 3. The van der Waals surface area contributed by atoms with E-state index in [0.717, 1.165) is 11.1 Å². The van der Waals surface area contributed by atoms with Gasteiger partial charge < -0.3 is 9.88 Å². The van der Waals surface area contributed by atoms with Crippen LogP contribution in [0.15, 0.2) is 41.3 Å². The molecule has 3 aromatic rings. The first kappa shape index (κ1) is 23.2. The van der Waals surface area contributed by atoms with Gasteiger partial charge in [0.25, 0.3) is 0 Å². The molecule has 0 saturated heterocycles. The van der Waals surface area contributed by atoms with E-state index in [9.17, 15) is 13.2 Å². The van der Waals surface area contributed by atoms with Gasteiger partial charge in [0, 0.05) is 33.0 Å². The zero-order valence-electron chi connectivity index (χ0n) is 18.1. The lowest BCUT2D eigenvalue weighted by atomic mass is 10.2. The Hall–Kier alpha value is -2.42. The van der Waals surface area contributed by atoms with E-state index in [2.05, 4.69) is 10.3 Å². The first-order valence-corrected chi connectivity index (χ1v) is 12.0. The predicted molar refractivity (Wildman–Crippen MR) is 124 cm³/mol. The first-order chi connectivity index (χ1) is 14.7. The van der Waals surface area contributed by atoms with Crippen LogP contribution in [0.25, 0.3) is 11.0 Å². The van der Waals surface area contributed by atoms with Gasteiger partial charge >= 0.3 is 0 Å². The quantitative estimate of drug-likeness (QED) is 0.545. The molecule has 0 aliphatic carbocycles. The number of aromatic nitrogens is 2. The summed E-state index contributed by atoms with van der Waals surface area (Å²) in [5.41, 5.74) is 3.00. The van der Waals surface area contributed by atoms with Crippen molar-refractivity contribution in [1.29, 1.82) is 0 Å². The highest BCUT2D eigenvalue weighted by Gasteiger charge is 2.22. The number of anilines is 1. The standard InChI is InChI=1S/C22H27ClN4O3S/c1-5-27(6-2)31(29,30)16-8-10-20-19(14-16)24-21(26(20)4)11-12-22(28)25-18-9-7-15(3)13-17(18)23/h7-10,13-14H,5-6,11-12H2,1-4H3,(H,25,28). The van der Waals surface area contributed by atoms with Gasteiger partial charge in [0.15, 0.2) is 0 Å². The number of hydrogen-bond donors (Lipinski definition) is 1. The Morgan fingerprint density at radius 2 is 1.87 bits per heavy atom. The molecule has 1 heterocycles. The van der Waals surface area contributed by atoms with Crippen LogP contribution in [-0.2, 0) is 28.3 Å². The third-order valence-corrected chi connectivity index (χ3v) is 7.62. The number of nitrogens with zero attached hydrogens (tertiary/aromatic N) is 3. The van der Waals surface area contributed by atoms with Crippen LogP contribution >= 0.6 is 11.6 Å². The minimum Gasteiger partial charge on any atom is -0.331 e. The van der Waals surface area contributed by atoms with Crippen LogP contribution in [0.5, 0.6) is 0 Å². The molecule has 0 radical (unpaired) electrons. The van der Waals surface area contributed by atoms with E-state index >= 15 is 0 Å². The summed E-state index contributed by atoms with van der Waals surface area (Å²) in [5, 5.41) is 3.32. The third kappa shape index (κ3) is 4.92. The van der Waals surface area contributed by atoms with E-state index in [-0.39, 0.29) is 17.2 Å². The lowest BCUT2D eigenvalue weighted by Crippen LogP contribution is -2.30. The van der Waals surface area contributed by atoms with E-state index in [1.54, 1.807) is 30.3 Å². The maximum absolute atomic E-state index is 12.8. The van der Waals surface area contributed by atoms with Crippen molar-refractivity contribution in [2.45, 2.75) is 38.5 Å². The summed E-state index contributed by atoms with van der Waals surface area (Å²) in [6.45, 7) is 6.37. The average molecular weight is 463 g/mol. The predicted octanol–water partition coefficient (Wildman–Crippen LogP) is 4.14. The second-order valence-corrected chi connectivity index (χ2v) is 9.70. The van der Waals surface area contributed by atoms with Crippen molar-refractivity contribution in [2.75, 3.05) is 18.4 Å². The lowest BCUT2D eigenvalue weighted by Gasteiger charge is -2.18. The van der Waals surface area contributed by atoms with Crippen molar-refractivity contribution >= 4 is 44.3 Å². The number of carbonyl (C=O) groups excluding carboxylic acids is 1. The molecule has 0 spiro atoms. The number of halogens is 1. The van der Waals surface area contributed by atoms with Crippen molar-refractivity contribution in [3.8, 4) is 0 Å². The van der Waals surface area contributed by atoms with E-state index in [4.69, 9.17) is 11.6 Å². The largest absolute Gasteiger partial charge is 0.331 e. The number of carbonyl (C=O) groups is 1. The Labute approximate surface area is 188 Å². The van der Waals surface area contributed by atoms with E-state index in [1.165, 1.54) is 4.31 Å². The zero-order valence-corrected chi connectivity index (χ0v) is 19.7. The molecule has 0 atom stereocenters. The Morgan fingerprint density at radius 1 is 1.16 bits per heavy atom. The van der Waals surface area contributed by atoms with Gasteiger partial charge in [-0.25, -0.2) is 13.4 Å². The number of hydrogen-bond acceptors (Lipinski definition) is 4. The molecule has 0 saturated carbocycles. The molecule has 1 amide bonds. The van der Waals surface area contributed by atoms with Crippen LogP contribution in [0.1, 0.15) is 31.7 Å². The molecule has 7 nitrogen and oxygen atoms in total. The number of imidazole rings is 1. The highest BCUT2D eigenvalue weighted by Crippen LogP contribution is 2.24. The molecule has 0 bridgehead atoms. The molecular weight excluding hydrogens is 436 g/mol. The minimum atomic E-state index is -3.56. The smallest absolute Gasteiger partial charge is 0.243 e. The lowest BCUT2D eigenvalue weighted by molar-refractivity contribution is -0.116. The van der Waals surface area contributed by atoms with Crippen molar-refractivity contribution in [2.24, 2.45) is 7.05 Å². The summed E-state index contributed by atoms with van der Waals surface area (Å²) in [6.07, 6.45) is 0.643. The van der Waals surface area contributed by atoms with E-state index in [0.29, 0.717) is 41.6 Å². The number of fused-ring (bicyclic) bond motifs is 1. The summed E-state index contributed by atoms with van der Waals surface area (Å²) in [4.78, 5) is 17.2. The van der Waals surface area contributed by atoms with Crippen LogP contribution in [0.4, 0.5) is 5.69 Å². The SMILES string of the molecule is CCN(CC)S(=O)(=O)c1ccc2c(c1)nc(CCC(=O)Nc1ccc(C)cc1Cl)n2C. The van der Waals surface area contributed by atoms with Gasteiger partial charge in [0.2, 0.25) is 15.9 Å². The Morgan fingerprint density at radius 3 is 2.52 bits per heavy atom. The van der Waals surface area contributed by atoms with Crippen LogP contribution in [0.2, 0.25) is 5.02 Å². The van der Waals surface area contributed by atoms with Gasteiger partial charge in [-0.3, -0.25) is 4.79 Å². The average Bonchev–Trinajstić information content (AvgIpc) is 3.04. The number of rotatable bonds is 8. The molecule has 1 N–H and O–H groups in total. The summed E-state index contributed by atoms with van der Waals surface area (Å²) in [6, 6.07) is 10.4. The van der Waals surface area contributed by atoms with Crippen molar-refractivity contribution in [3.63, 3.8) is 0 Å². The van der Waals surface area contributed by atoms with E-state index < -0.39 is 10.0 Å². The van der Waals surface area contributed by atoms with Crippen LogP contribution in [-0.4, -0.2) is 41.3 Å². The number of sulfonamides is 1. The van der Waals surface area contributed by atoms with Crippen molar-refractivity contribution in [1.82, 2.24) is 13.9 Å². The summed E-state index contributed by atoms with van der Waals surface area (Å²) in [7, 11) is -1.70. The second-order valence-electron chi connectivity index (χ2n) is 7.36. The topological polar surface area (TPSA) is 84.3 Å². The van der Waals surface area contributed by atoms with Gasteiger partial charge in [-0.1, -0.05) is 31.5 Å². The zero-order chi connectivity index (χ0) is 22.8. The maximum atomic E-state index is 12.8. The van der Waals surface area contributed by atoms with Crippen LogP contribution in [0, 0.1) is 6.92 Å². The molecule has 1 aromatic heterocycles. The fraction of sp³-hybridized carbons (Fsp3) is 0.364. The Balaban J connectivity index is 1.77. The molecular formula is C22H27ClN4O3S. The molecule has 0 fully saturated rings. The van der Waals surface area contributed by atoms with Gasteiger partial charge in [-0.05, 0) is 42.8 Å². The molecule has 0 aliphatic rings. The Bertz CT molecular complexity index is 1220. The third-order valence-electron chi connectivity index (χ3n) is 5.26.